The zero-order valence-electron chi connectivity index (χ0n) is 34.8. The number of hydrogen-bond donors (Lipinski definition) is 0. The quantitative estimate of drug-likeness (QED) is 0.166. The van der Waals surface area contributed by atoms with Crippen LogP contribution in [0.5, 0.6) is 0 Å². The Morgan fingerprint density at radius 2 is 0.862 bits per heavy atom. The number of para-hydroxylation sites is 2. The zero-order chi connectivity index (χ0) is 40.2. The largest absolute Gasteiger partial charge is 0.309 e. The third-order valence-electron chi connectivity index (χ3n) is 12.6. The molecule has 58 heavy (non-hydrogen) atoms. The van der Waals surface area contributed by atoms with E-state index in [0.29, 0.717) is 0 Å². The highest BCUT2D eigenvalue weighted by molar-refractivity contribution is 6.12. The molecule has 0 radical (unpaired) electrons. The van der Waals surface area contributed by atoms with E-state index in [1.54, 1.807) is 0 Å². The summed E-state index contributed by atoms with van der Waals surface area (Å²) in [7, 11) is 0. The summed E-state index contributed by atoms with van der Waals surface area (Å²) < 4.78 is 2.47. The van der Waals surface area contributed by atoms with Gasteiger partial charge in [-0.25, -0.2) is 0 Å². The summed E-state index contributed by atoms with van der Waals surface area (Å²) in [6.07, 6.45) is 0. The first-order chi connectivity index (χ1) is 28.0. The highest BCUT2D eigenvalue weighted by atomic mass is 15.0. The van der Waals surface area contributed by atoms with Gasteiger partial charge in [0.25, 0.3) is 0 Å². The number of hydrogen-bond acceptors (Lipinski definition) is 0. The van der Waals surface area contributed by atoms with Crippen LogP contribution in [0.3, 0.4) is 0 Å². The molecule has 0 N–H and O–H groups in total. The third kappa shape index (κ3) is 6.36. The topological polar surface area (TPSA) is 4.93 Å². The molecular weight excluding hydrogens is 699 g/mol. The van der Waals surface area contributed by atoms with Gasteiger partial charge >= 0.3 is 0 Å². The smallest absolute Gasteiger partial charge is 0.0582 e. The van der Waals surface area contributed by atoms with Crippen molar-refractivity contribution in [1.82, 2.24) is 4.57 Å². The Bertz CT molecular complexity index is 2940. The van der Waals surface area contributed by atoms with Crippen LogP contribution in [0.1, 0.15) is 66.6 Å². The molecule has 0 atom stereocenters. The summed E-state index contributed by atoms with van der Waals surface area (Å²) in [6.45, 7) is 15.7. The SMILES string of the molecule is Cc1ccc(-c2ccc3c(c2)c2cccc4c2n3-c2ccccc2C4(C)C)cc1.Cc1ccc(-c2ccccc2)cc1.Cc1ccc2c(c1)C(C)(C)c1ccccc1-2. The zero-order valence-corrected chi connectivity index (χ0v) is 34.8. The second-order valence-corrected chi connectivity index (χ2v) is 17.2. The van der Waals surface area contributed by atoms with E-state index in [0.717, 1.165) is 0 Å². The molecule has 0 bridgehead atoms. The maximum Gasteiger partial charge on any atom is 0.0582 e. The summed E-state index contributed by atoms with van der Waals surface area (Å²) in [4.78, 5) is 0. The normalized spacial score (nSPS) is 13.7. The Labute approximate surface area is 344 Å². The summed E-state index contributed by atoms with van der Waals surface area (Å²) in [5, 5.41) is 2.67. The molecule has 8 aromatic carbocycles. The molecule has 2 aliphatic rings. The van der Waals surface area contributed by atoms with Crippen molar-refractivity contribution in [3.05, 3.63) is 221 Å². The molecule has 0 amide bonds. The molecule has 9 aromatic rings. The Morgan fingerprint density at radius 1 is 0.345 bits per heavy atom. The van der Waals surface area contributed by atoms with E-state index < -0.39 is 0 Å². The Balaban J connectivity index is 0.000000126. The molecular formula is C57H51N. The van der Waals surface area contributed by atoms with Crippen molar-refractivity contribution in [3.8, 4) is 39.1 Å². The van der Waals surface area contributed by atoms with Crippen LogP contribution in [0, 0.1) is 20.8 Å². The molecule has 2 heterocycles. The summed E-state index contributed by atoms with van der Waals surface area (Å²) in [6, 6.07) is 66.0. The number of benzene rings is 8. The van der Waals surface area contributed by atoms with E-state index in [2.05, 4.69) is 229 Å². The van der Waals surface area contributed by atoms with Gasteiger partial charge < -0.3 is 4.57 Å². The lowest BCUT2D eigenvalue weighted by atomic mass is 9.75. The van der Waals surface area contributed by atoms with Gasteiger partial charge in [0, 0.05) is 21.6 Å². The van der Waals surface area contributed by atoms with Crippen LogP contribution in [0.15, 0.2) is 182 Å². The van der Waals surface area contributed by atoms with Gasteiger partial charge in [-0.15, -0.1) is 0 Å². The van der Waals surface area contributed by atoms with Gasteiger partial charge in [0.2, 0.25) is 0 Å². The van der Waals surface area contributed by atoms with E-state index in [9.17, 15) is 0 Å². The lowest BCUT2D eigenvalue weighted by Gasteiger charge is -2.34. The number of aryl methyl sites for hydroxylation is 3. The van der Waals surface area contributed by atoms with E-state index in [-0.39, 0.29) is 10.8 Å². The molecule has 0 saturated heterocycles. The van der Waals surface area contributed by atoms with Gasteiger partial charge in [0.15, 0.2) is 0 Å². The van der Waals surface area contributed by atoms with E-state index in [1.165, 1.54) is 99.8 Å². The van der Waals surface area contributed by atoms with Gasteiger partial charge in [0.05, 0.1) is 16.7 Å². The highest BCUT2D eigenvalue weighted by Crippen LogP contribution is 2.49. The second-order valence-electron chi connectivity index (χ2n) is 17.2. The molecule has 1 aromatic heterocycles. The lowest BCUT2D eigenvalue weighted by molar-refractivity contribution is 0.630. The Kier molecular flexibility index (Phi) is 9.29. The van der Waals surface area contributed by atoms with Crippen LogP contribution in [-0.2, 0) is 10.8 Å². The molecule has 1 nitrogen and oxygen atoms in total. The van der Waals surface area contributed by atoms with Crippen molar-refractivity contribution in [1.29, 1.82) is 0 Å². The van der Waals surface area contributed by atoms with E-state index in [1.807, 2.05) is 6.07 Å². The minimum Gasteiger partial charge on any atom is -0.309 e. The molecule has 0 unspecified atom stereocenters. The standard InChI is InChI=1S/C28H23N.C16H16.C13H12/c1-18-11-13-19(14-12-18)20-15-16-25-22(17-20)21-7-6-9-24-27(21)29(25)26-10-5-4-8-23(26)28(24,2)3;1-11-8-9-13-12-6-4-5-7-14(12)16(2,3)15(13)10-11;1-11-7-9-13(10-8-11)12-5-3-2-4-6-12/h4-17H,1-3H3;4-10H,1-3H3;2-10H,1H3. The fourth-order valence-corrected chi connectivity index (χ4v) is 9.29. The van der Waals surface area contributed by atoms with Crippen LogP contribution < -0.4 is 0 Å². The first-order valence-electron chi connectivity index (χ1n) is 20.6. The lowest BCUT2D eigenvalue weighted by Crippen LogP contribution is -2.26. The van der Waals surface area contributed by atoms with E-state index >= 15 is 0 Å². The van der Waals surface area contributed by atoms with Crippen molar-refractivity contribution in [3.63, 3.8) is 0 Å². The fraction of sp³-hybridized carbons (Fsp3) is 0.158. The van der Waals surface area contributed by atoms with Gasteiger partial charge in [0.1, 0.15) is 0 Å². The Hall–Kier alpha value is -6.44. The Morgan fingerprint density at radius 3 is 1.57 bits per heavy atom. The monoisotopic (exact) mass is 749 g/mol. The average molecular weight is 750 g/mol. The van der Waals surface area contributed by atoms with Gasteiger partial charge in [-0.3, -0.25) is 0 Å². The predicted molar refractivity (Wildman–Crippen MR) is 248 cm³/mol. The number of aromatic nitrogens is 1. The second kappa shape index (κ2) is 14.5. The van der Waals surface area contributed by atoms with Crippen molar-refractivity contribution in [2.75, 3.05) is 0 Å². The summed E-state index contributed by atoms with van der Waals surface area (Å²) in [5.74, 6) is 0. The molecule has 0 spiro atoms. The van der Waals surface area contributed by atoms with Crippen LogP contribution in [0.25, 0.3) is 60.9 Å². The molecule has 11 rings (SSSR count). The summed E-state index contributed by atoms with van der Waals surface area (Å²) >= 11 is 0. The van der Waals surface area contributed by atoms with Gasteiger partial charge in [-0.05, 0) is 94.6 Å². The van der Waals surface area contributed by atoms with Crippen LogP contribution in [0.4, 0.5) is 0 Å². The van der Waals surface area contributed by atoms with Crippen molar-refractivity contribution >= 4 is 21.8 Å². The molecule has 0 saturated carbocycles. The van der Waals surface area contributed by atoms with Crippen LogP contribution >= 0.6 is 0 Å². The van der Waals surface area contributed by atoms with Gasteiger partial charge in [-0.1, -0.05) is 208 Å². The maximum absolute atomic E-state index is 2.47. The number of rotatable bonds is 2. The molecule has 1 aliphatic heterocycles. The highest BCUT2D eigenvalue weighted by Gasteiger charge is 2.36. The van der Waals surface area contributed by atoms with Crippen molar-refractivity contribution < 1.29 is 0 Å². The van der Waals surface area contributed by atoms with Crippen molar-refractivity contribution in [2.45, 2.75) is 59.3 Å². The third-order valence-corrected chi connectivity index (χ3v) is 12.6. The van der Waals surface area contributed by atoms with Crippen LogP contribution in [0.2, 0.25) is 0 Å². The minimum absolute atomic E-state index is 0.0136. The number of fused-ring (bicyclic) bond motifs is 8. The summed E-state index contributed by atoms with van der Waals surface area (Å²) in [5.41, 5.74) is 21.7. The van der Waals surface area contributed by atoms with E-state index in [4.69, 9.17) is 0 Å². The molecule has 284 valence electrons. The predicted octanol–water partition coefficient (Wildman–Crippen LogP) is 15.4. The number of nitrogens with zero attached hydrogens (tertiary/aromatic N) is 1. The molecule has 0 fully saturated rings. The van der Waals surface area contributed by atoms with Crippen LogP contribution in [-0.4, -0.2) is 4.57 Å². The first kappa shape index (κ1) is 37.2. The van der Waals surface area contributed by atoms with Gasteiger partial charge in [-0.2, -0.15) is 0 Å². The molecule has 1 heteroatoms. The fourth-order valence-electron chi connectivity index (χ4n) is 9.29. The van der Waals surface area contributed by atoms with Crippen molar-refractivity contribution in [2.24, 2.45) is 0 Å². The maximum atomic E-state index is 2.47. The average Bonchev–Trinajstić information content (AvgIpc) is 3.69. The molecule has 1 aliphatic carbocycles. The minimum atomic E-state index is -0.0136. The first-order valence-corrected chi connectivity index (χ1v) is 20.6.